The number of nitrogens with zero attached hydrogens (tertiary/aromatic N) is 2. The van der Waals surface area contributed by atoms with Crippen LogP contribution in [0.3, 0.4) is 0 Å². The Labute approximate surface area is 120 Å². The number of nitrogens with one attached hydrogen (secondary N) is 3. The van der Waals surface area contributed by atoms with E-state index in [0.29, 0.717) is 19.1 Å². The Hall–Kier alpha value is -1.40. The number of hydrogen-bond donors (Lipinski definition) is 3. The molecule has 1 aliphatic heterocycles. The van der Waals surface area contributed by atoms with Crippen molar-refractivity contribution in [3.8, 4) is 0 Å². The van der Waals surface area contributed by atoms with Gasteiger partial charge in [-0.15, -0.1) is 0 Å². The number of piperidine rings is 1. The molecule has 0 bridgehead atoms. The third-order valence-corrected chi connectivity index (χ3v) is 4.07. The van der Waals surface area contributed by atoms with Crippen LogP contribution in [0.25, 0.3) is 0 Å². The van der Waals surface area contributed by atoms with E-state index < -0.39 is 0 Å². The summed E-state index contributed by atoms with van der Waals surface area (Å²) >= 11 is 0. The minimum absolute atomic E-state index is 0.0750. The summed E-state index contributed by atoms with van der Waals surface area (Å²) in [5, 5.41) is 13.4. The Morgan fingerprint density at radius 2 is 2.10 bits per heavy atom. The molecule has 1 aromatic heterocycles. The zero-order chi connectivity index (χ0) is 14.5. The Morgan fingerprint density at radius 3 is 2.70 bits per heavy atom. The van der Waals surface area contributed by atoms with Gasteiger partial charge in [-0.3, -0.25) is 14.8 Å². The SMILES string of the molecule is Cc1n[nH]c(C)c1CNC(=O)CN(C)C1CCNCC1. The second-order valence-electron chi connectivity index (χ2n) is 5.59. The van der Waals surface area contributed by atoms with Crippen LogP contribution >= 0.6 is 0 Å². The first kappa shape index (κ1) is 15.0. The summed E-state index contributed by atoms with van der Waals surface area (Å²) in [6.07, 6.45) is 2.23. The van der Waals surface area contributed by atoms with Gasteiger partial charge in [-0.2, -0.15) is 5.10 Å². The molecule has 0 spiro atoms. The number of rotatable bonds is 5. The van der Waals surface area contributed by atoms with E-state index >= 15 is 0 Å². The quantitative estimate of drug-likeness (QED) is 0.726. The average Bonchev–Trinajstić information content (AvgIpc) is 2.77. The van der Waals surface area contributed by atoms with Gasteiger partial charge in [0.15, 0.2) is 0 Å². The number of aromatic nitrogens is 2. The lowest BCUT2D eigenvalue weighted by Gasteiger charge is -2.31. The molecule has 0 unspecified atom stereocenters. The van der Waals surface area contributed by atoms with E-state index in [1.807, 2.05) is 20.9 Å². The topological polar surface area (TPSA) is 73.0 Å². The minimum atomic E-state index is 0.0750. The second-order valence-corrected chi connectivity index (χ2v) is 5.59. The predicted molar refractivity (Wildman–Crippen MR) is 78.4 cm³/mol. The van der Waals surface area contributed by atoms with Crippen molar-refractivity contribution >= 4 is 5.91 Å². The van der Waals surface area contributed by atoms with Gasteiger partial charge < -0.3 is 10.6 Å². The normalized spacial score (nSPS) is 16.6. The first-order chi connectivity index (χ1) is 9.58. The molecule has 112 valence electrons. The average molecular weight is 279 g/mol. The van der Waals surface area contributed by atoms with Crippen LogP contribution in [0.4, 0.5) is 0 Å². The number of carbonyl (C=O) groups excluding carboxylic acids is 1. The van der Waals surface area contributed by atoms with E-state index in [0.717, 1.165) is 42.9 Å². The Morgan fingerprint density at radius 1 is 1.40 bits per heavy atom. The molecule has 1 fully saturated rings. The molecule has 6 heteroatoms. The molecular weight excluding hydrogens is 254 g/mol. The van der Waals surface area contributed by atoms with Crippen molar-refractivity contribution in [1.82, 2.24) is 25.7 Å². The summed E-state index contributed by atoms with van der Waals surface area (Å²) in [6, 6.07) is 0.513. The maximum atomic E-state index is 12.0. The van der Waals surface area contributed by atoms with E-state index in [2.05, 4.69) is 25.7 Å². The first-order valence-electron chi connectivity index (χ1n) is 7.26. The lowest BCUT2D eigenvalue weighted by molar-refractivity contribution is -0.122. The zero-order valence-electron chi connectivity index (χ0n) is 12.6. The second kappa shape index (κ2) is 6.85. The molecule has 2 heterocycles. The molecule has 3 N–H and O–H groups in total. The van der Waals surface area contributed by atoms with Gasteiger partial charge in [-0.05, 0) is 46.8 Å². The molecule has 2 rings (SSSR count). The largest absolute Gasteiger partial charge is 0.351 e. The summed E-state index contributed by atoms with van der Waals surface area (Å²) in [5.74, 6) is 0.0750. The number of aryl methyl sites for hydroxylation is 2. The number of hydrogen-bond acceptors (Lipinski definition) is 4. The van der Waals surface area contributed by atoms with E-state index in [1.54, 1.807) is 0 Å². The molecular formula is C14H25N5O. The lowest BCUT2D eigenvalue weighted by Crippen LogP contribution is -2.45. The zero-order valence-corrected chi connectivity index (χ0v) is 12.6. The summed E-state index contributed by atoms with van der Waals surface area (Å²) in [5.41, 5.74) is 3.06. The van der Waals surface area contributed by atoms with Crippen molar-refractivity contribution in [2.45, 2.75) is 39.3 Å². The fraction of sp³-hybridized carbons (Fsp3) is 0.714. The van der Waals surface area contributed by atoms with Gasteiger partial charge in [0.2, 0.25) is 5.91 Å². The first-order valence-corrected chi connectivity index (χ1v) is 7.26. The molecule has 0 atom stereocenters. The molecule has 0 saturated carbocycles. The van der Waals surface area contributed by atoms with Crippen LogP contribution in [0.2, 0.25) is 0 Å². The van der Waals surface area contributed by atoms with E-state index in [-0.39, 0.29) is 5.91 Å². The van der Waals surface area contributed by atoms with Gasteiger partial charge in [0.25, 0.3) is 0 Å². The minimum Gasteiger partial charge on any atom is -0.351 e. The summed E-state index contributed by atoms with van der Waals surface area (Å²) in [6.45, 7) is 7.02. The van der Waals surface area contributed by atoms with Crippen LogP contribution in [-0.4, -0.2) is 53.7 Å². The maximum absolute atomic E-state index is 12.0. The van der Waals surface area contributed by atoms with Crippen molar-refractivity contribution < 1.29 is 4.79 Å². The van der Waals surface area contributed by atoms with Crippen LogP contribution in [0, 0.1) is 13.8 Å². The van der Waals surface area contributed by atoms with Gasteiger partial charge in [-0.25, -0.2) is 0 Å². The van der Waals surface area contributed by atoms with Gasteiger partial charge in [0.05, 0.1) is 12.2 Å². The Bertz CT molecular complexity index is 431. The maximum Gasteiger partial charge on any atom is 0.234 e. The Kier molecular flexibility index (Phi) is 5.14. The van der Waals surface area contributed by atoms with Crippen LogP contribution in [0.5, 0.6) is 0 Å². The van der Waals surface area contributed by atoms with E-state index in [1.165, 1.54) is 0 Å². The number of likely N-dealkylation sites (N-methyl/N-ethyl adjacent to an activating group) is 1. The Balaban J connectivity index is 1.77. The summed E-state index contributed by atoms with van der Waals surface area (Å²) in [7, 11) is 2.03. The van der Waals surface area contributed by atoms with Gasteiger partial charge in [-0.1, -0.05) is 0 Å². The molecule has 0 aromatic carbocycles. The van der Waals surface area contributed by atoms with Crippen molar-refractivity contribution in [2.24, 2.45) is 0 Å². The van der Waals surface area contributed by atoms with Crippen LogP contribution in [0.15, 0.2) is 0 Å². The molecule has 0 aliphatic carbocycles. The fourth-order valence-corrected chi connectivity index (χ4v) is 2.68. The molecule has 6 nitrogen and oxygen atoms in total. The monoisotopic (exact) mass is 279 g/mol. The predicted octanol–water partition coefficient (Wildman–Crippen LogP) is 0.327. The fourth-order valence-electron chi connectivity index (χ4n) is 2.68. The number of H-pyrrole nitrogens is 1. The lowest BCUT2D eigenvalue weighted by atomic mass is 10.1. The van der Waals surface area contributed by atoms with Gasteiger partial charge in [0.1, 0.15) is 0 Å². The van der Waals surface area contributed by atoms with Crippen molar-refractivity contribution in [1.29, 1.82) is 0 Å². The molecule has 1 amide bonds. The third-order valence-electron chi connectivity index (χ3n) is 4.07. The van der Waals surface area contributed by atoms with Crippen LogP contribution in [0.1, 0.15) is 29.8 Å². The molecule has 0 radical (unpaired) electrons. The highest BCUT2D eigenvalue weighted by atomic mass is 16.2. The number of aromatic amines is 1. The molecule has 20 heavy (non-hydrogen) atoms. The summed E-state index contributed by atoms with van der Waals surface area (Å²) < 4.78 is 0. The summed E-state index contributed by atoms with van der Waals surface area (Å²) in [4.78, 5) is 14.2. The van der Waals surface area contributed by atoms with Crippen molar-refractivity contribution in [3.05, 3.63) is 17.0 Å². The van der Waals surface area contributed by atoms with Crippen LogP contribution in [-0.2, 0) is 11.3 Å². The molecule has 1 aromatic rings. The highest BCUT2D eigenvalue weighted by molar-refractivity contribution is 5.78. The number of carbonyl (C=O) groups is 1. The molecule has 1 aliphatic rings. The van der Waals surface area contributed by atoms with Gasteiger partial charge in [0, 0.05) is 23.8 Å². The molecule has 1 saturated heterocycles. The van der Waals surface area contributed by atoms with Gasteiger partial charge >= 0.3 is 0 Å². The third kappa shape index (κ3) is 3.80. The number of amides is 1. The van der Waals surface area contributed by atoms with Crippen molar-refractivity contribution in [2.75, 3.05) is 26.7 Å². The van der Waals surface area contributed by atoms with Crippen molar-refractivity contribution in [3.63, 3.8) is 0 Å². The highest BCUT2D eigenvalue weighted by Gasteiger charge is 2.19. The standard InChI is InChI=1S/C14H25N5O/c1-10-13(11(2)18-17-10)8-16-14(20)9-19(3)12-4-6-15-7-5-12/h12,15H,4-9H2,1-3H3,(H,16,20)(H,17,18). The smallest absolute Gasteiger partial charge is 0.234 e. The van der Waals surface area contributed by atoms with E-state index in [4.69, 9.17) is 0 Å². The van der Waals surface area contributed by atoms with Crippen LogP contribution < -0.4 is 10.6 Å². The van der Waals surface area contributed by atoms with E-state index in [9.17, 15) is 4.79 Å². The highest BCUT2D eigenvalue weighted by Crippen LogP contribution is 2.10.